The Hall–Kier alpha value is -10.9. The maximum atomic E-state index is 9.89. The van der Waals surface area contributed by atoms with Gasteiger partial charge in [-0.05, 0) is 241 Å². The topological polar surface area (TPSA) is 38.7 Å². The molecule has 0 saturated heterocycles. The number of allylic oxidation sites excluding steroid dienone is 1. The average molecular weight is 1740 g/mol. The zero-order valence-electron chi connectivity index (χ0n) is 59.9. The molecule has 16 aromatic rings. The molecule has 0 unspecified atom stereocenters. The van der Waals surface area contributed by atoms with Gasteiger partial charge in [-0.2, -0.15) is 0 Å². The molecule has 3 nitrogen and oxygen atoms in total. The third-order valence-corrected chi connectivity index (χ3v) is 26.3. The first-order chi connectivity index (χ1) is 53.8. The maximum Gasteiger partial charge on any atom is 0.178 e. The summed E-state index contributed by atoms with van der Waals surface area (Å²) in [5.41, 5.74) is 12.1. The third kappa shape index (κ3) is 16.0. The predicted molar refractivity (Wildman–Crippen MR) is 494 cm³/mol. The molecule has 0 bridgehead atoms. The van der Waals surface area contributed by atoms with Crippen molar-refractivity contribution in [1.82, 2.24) is 0 Å². The summed E-state index contributed by atoms with van der Waals surface area (Å²) in [6.45, 7) is 3.37. The Morgan fingerprint density at radius 1 is 0.339 bits per heavy atom. The number of aliphatic hydroxyl groups is 1. The summed E-state index contributed by atoms with van der Waals surface area (Å²) in [6.07, 6.45) is 14.4. The second-order valence-corrected chi connectivity index (χ2v) is 35.9. The average Bonchev–Trinajstić information content (AvgIpc) is 1.54. The largest absolute Gasteiger partial charge is 0.473 e. The van der Waals surface area contributed by atoms with Gasteiger partial charge in [-0.15, -0.1) is 45.3 Å². The fourth-order valence-corrected chi connectivity index (χ4v) is 19.9. The molecule has 0 atom stereocenters. The van der Waals surface area contributed by atoms with Crippen molar-refractivity contribution in [3.8, 4) is 66.5 Å². The van der Waals surface area contributed by atoms with Crippen molar-refractivity contribution in [1.29, 1.82) is 0 Å². The van der Waals surface area contributed by atoms with Crippen LogP contribution in [0.15, 0.2) is 340 Å². The molecule has 12 aromatic carbocycles. The molecule has 1 aliphatic carbocycles. The van der Waals surface area contributed by atoms with Crippen LogP contribution in [-0.2, 0) is 23.0 Å². The van der Waals surface area contributed by atoms with Crippen molar-refractivity contribution in [2.45, 2.75) is 57.3 Å². The third-order valence-electron chi connectivity index (χ3n) is 20.1. The molecule has 0 spiro atoms. The molecule has 0 fully saturated rings. The van der Waals surface area contributed by atoms with Crippen LogP contribution in [0.4, 0.5) is 0 Å². The Kier molecular flexibility index (Phi) is 22.7. The number of hydrogen-bond acceptors (Lipinski definition) is 7. The molecule has 0 saturated carbocycles. The molecule has 1 N–H and O–H groups in total. The van der Waals surface area contributed by atoms with Crippen LogP contribution in [0.1, 0.15) is 111 Å². The van der Waals surface area contributed by atoms with Crippen molar-refractivity contribution < 1.29 is 14.6 Å². The quantitative estimate of drug-likeness (QED) is 0.122. The van der Waals surface area contributed by atoms with E-state index in [1.807, 2.05) is 83.3 Å². The number of hydrogen-bond donors (Lipinski definition) is 1. The summed E-state index contributed by atoms with van der Waals surface area (Å²) in [4.78, 5) is 7.24. The Morgan fingerprint density at radius 3 is 1.05 bits per heavy atom. The molecular formula is C103H76I2O3S4. The minimum atomic E-state index is -1.01. The van der Waals surface area contributed by atoms with Gasteiger partial charge in [-0.3, -0.25) is 0 Å². The fourth-order valence-electron chi connectivity index (χ4n) is 14.8. The highest BCUT2D eigenvalue weighted by molar-refractivity contribution is 14.1. The summed E-state index contributed by atoms with van der Waals surface area (Å²) in [6, 6.07) is 113. The highest BCUT2D eigenvalue weighted by Gasteiger charge is 2.40. The van der Waals surface area contributed by atoms with Crippen molar-refractivity contribution in [3.05, 3.63) is 428 Å². The molecular weight excluding hydrogens is 1670 g/mol. The lowest BCUT2D eigenvalue weighted by atomic mass is 9.67. The molecule has 112 heavy (non-hydrogen) atoms. The lowest BCUT2D eigenvalue weighted by Gasteiger charge is -2.36. The monoisotopic (exact) mass is 1740 g/mol. The molecule has 0 amide bonds. The summed E-state index contributed by atoms with van der Waals surface area (Å²) in [7, 11) is 0. The zero-order chi connectivity index (χ0) is 74.7. The standard InChI is InChI=1S/C63H40OS2.C30H24O2.C8H4I2S2.2CH4/c1-5-13-49(14-6-1)62(50-15-7-2-8-16-50)39-37-57-48(43-62)26-25-46-41-44(23-32-55(46)57)21-28-53-30-35-60(65-53)61-36-31-54(66-61)29-22-45-24-33-56-47(42-45)27-34-59-58(56)38-40-63(64-59,51-17-9-3-10-18-51)52-19-11-4-12-20-52;1-29(2,31)19-17-22-13-15-26-23(21-22)14-16-28-27(26)18-20-30(32-28,24-9-5-3-6-10-24)25-11-7-4-8-12-25;9-7-3-1-5(11-7)6-2-4-8(10)12-6;;/h1-20,23-27,30-42H,43H2;3-16,18,20-21,31H,1-2H3;1-4H;2*1H4. The van der Waals surface area contributed by atoms with Crippen LogP contribution < -0.4 is 9.47 Å². The van der Waals surface area contributed by atoms with E-state index in [-0.39, 0.29) is 20.3 Å². The Labute approximate surface area is 700 Å². The van der Waals surface area contributed by atoms with Crippen LogP contribution in [0.3, 0.4) is 0 Å². The molecule has 4 aromatic heterocycles. The van der Waals surface area contributed by atoms with E-state index in [0.29, 0.717) is 0 Å². The normalized spacial score (nSPS) is 13.4. The zero-order valence-corrected chi connectivity index (χ0v) is 67.5. The minimum absolute atomic E-state index is 0. The van der Waals surface area contributed by atoms with Crippen LogP contribution in [0.2, 0.25) is 0 Å². The van der Waals surface area contributed by atoms with Gasteiger partial charge in [0.05, 0.1) is 15.5 Å². The van der Waals surface area contributed by atoms with E-state index in [4.69, 9.17) is 9.47 Å². The summed E-state index contributed by atoms with van der Waals surface area (Å²) in [5.74, 6) is 21.4. The second kappa shape index (κ2) is 33.2. The van der Waals surface area contributed by atoms with E-state index in [2.05, 4.69) is 378 Å². The molecule has 2 aliphatic heterocycles. The van der Waals surface area contributed by atoms with Crippen LogP contribution in [0.5, 0.6) is 11.5 Å². The summed E-state index contributed by atoms with van der Waals surface area (Å²) >= 11 is 11.8. The Balaban J connectivity index is 0.000000177. The van der Waals surface area contributed by atoms with Gasteiger partial charge in [-0.25, -0.2) is 0 Å². The van der Waals surface area contributed by atoms with Crippen LogP contribution in [0.25, 0.3) is 70.1 Å². The molecule has 544 valence electrons. The van der Waals surface area contributed by atoms with Gasteiger partial charge in [0.15, 0.2) is 11.2 Å². The lowest BCUT2D eigenvalue weighted by Crippen LogP contribution is -2.34. The van der Waals surface area contributed by atoms with Crippen molar-refractivity contribution >= 4 is 141 Å². The van der Waals surface area contributed by atoms with E-state index in [9.17, 15) is 5.11 Å². The highest BCUT2D eigenvalue weighted by atomic mass is 127. The SMILES string of the molecule is C.C.C(#Cc1ccc(-c2ccc(C#Cc3ccc4c5c(ccc4c3)OC(c3ccccc3)(c3ccccc3)C=C5)s2)s1)c1ccc2c3c(ccc2c1)CC(c1ccccc1)(c1ccccc1)C=C3.CC(C)(O)C#Cc1ccc2c3c(ccc2c1)OC(c1ccccc1)(c1ccccc1)C=C3.Ic1ccc(-c2ccc(I)s2)s1. The van der Waals surface area contributed by atoms with Gasteiger partial charge in [0.25, 0.3) is 0 Å². The number of fused-ring (bicyclic) bond motifs is 9. The second-order valence-electron chi connectivity index (χ2n) is 27.8. The predicted octanol–water partition coefficient (Wildman–Crippen LogP) is 27.8. The van der Waals surface area contributed by atoms with E-state index in [1.54, 1.807) is 36.5 Å². The number of rotatable bonds is 8. The first kappa shape index (κ1) is 76.5. The van der Waals surface area contributed by atoms with Crippen molar-refractivity contribution in [2.24, 2.45) is 0 Å². The van der Waals surface area contributed by atoms with E-state index < -0.39 is 16.8 Å². The van der Waals surface area contributed by atoms with Gasteiger partial charge in [0.2, 0.25) is 0 Å². The molecule has 3 aliphatic rings. The Morgan fingerprint density at radius 2 is 0.679 bits per heavy atom. The summed E-state index contributed by atoms with van der Waals surface area (Å²) in [5, 5.41) is 16.8. The number of thiophene rings is 4. The fraction of sp³-hybridized carbons (Fsp3) is 0.0874. The maximum absolute atomic E-state index is 9.89. The van der Waals surface area contributed by atoms with E-state index in [1.165, 1.54) is 58.3 Å². The number of ether oxygens (including phenoxy) is 2. The van der Waals surface area contributed by atoms with Crippen molar-refractivity contribution in [3.63, 3.8) is 0 Å². The van der Waals surface area contributed by atoms with Gasteiger partial charge in [0, 0.05) is 75.0 Å². The van der Waals surface area contributed by atoms with Gasteiger partial charge in [-0.1, -0.05) is 287 Å². The number of benzene rings is 12. The first-order valence-corrected chi connectivity index (χ1v) is 41.7. The lowest BCUT2D eigenvalue weighted by molar-refractivity contribution is 0.143. The van der Waals surface area contributed by atoms with Crippen LogP contribution in [0, 0.1) is 41.3 Å². The van der Waals surface area contributed by atoms with Gasteiger partial charge in [0.1, 0.15) is 17.1 Å². The van der Waals surface area contributed by atoms with Gasteiger partial charge < -0.3 is 14.6 Å². The molecule has 19 rings (SSSR count). The molecule has 0 radical (unpaired) electrons. The van der Waals surface area contributed by atoms with Crippen LogP contribution in [-0.4, -0.2) is 10.7 Å². The highest BCUT2D eigenvalue weighted by Crippen LogP contribution is 2.48. The van der Waals surface area contributed by atoms with E-state index >= 15 is 0 Å². The Bertz CT molecular complexity index is 6000. The smallest absolute Gasteiger partial charge is 0.178 e. The van der Waals surface area contributed by atoms with Crippen LogP contribution >= 0.6 is 90.5 Å². The minimum Gasteiger partial charge on any atom is -0.473 e. The van der Waals surface area contributed by atoms with E-state index in [0.717, 1.165) is 99.3 Å². The molecule has 6 heterocycles. The van der Waals surface area contributed by atoms with Gasteiger partial charge >= 0.3 is 0 Å². The summed E-state index contributed by atoms with van der Waals surface area (Å²) < 4.78 is 16.4. The van der Waals surface area contributed by atoms with Crippen molar-refractivity contribution in [2.75, 3.05) is 0 Å². The molecule has 9 heteroatoms. The first-order valence-electron chi connectivity index (χ1n) is 36.3. The number of halogens is 2.